The van der Waals surface area contributed by atoms with Gasteiger partial charge in [-0.3, -0.25) is 9.59 Å². The SMILES string of the molecule is COC(=O)[C@H]1NC(=O)[C@@H](c2ccc(OC)cc2)NC(=O)[C@H](NC(=O)OC(C)(C)C)c2cc(O)c(OC)c(c2)Oc2ccc(cc2[N+]#N)[C@H]1O[Si](C)(C)C(C)(C)C. The fourth-order valence-corrected chi connectivity index (χ4v) is 6.80. The van der Waals surface area contributed by atoms with Gasteiger partial charge in [0.05, 0.1) is 21.3 Å². The van der Waals surface area contributed by atoms with Crippen LogP contribution < -0.4 is 30.2 Å². The van der Waals surface area contributed by atoms with Crippen LogP contribution >= 0.6 is 0 Å². The minimum absolute atomic E-state index is 0.0166. The summed E-state index contributed by atoms with van der Waals surface area (Å²) in [6.07, 6.45) is -2.21. The molecule has 300 valence electrons. The molecule has 0 saturated carbocycles. The number of nitrogens with zero attached hydrogens (tertiary/aromatic N) is 2. The van der Waals surface area contributed by atoms with Gasteiger partial charge in [-0.1, -0.05) is 39.0 Å². The number of phenols is 1. The molecular formula is C39H50N5O11Si+. The lowest BCUT2D eigenvalue weighted by Gasteiger charge is -2.41. The van der Waals surface area contributed by atoms with Crippen molar-refractivity contribution in [3.63, 3.8) is 0 Å². The second-order valence-electron chi connectivity index (χ2n) is 15.6. The fourth-order valence-electron chi connectivity index (χ4n) is 5.54. The fraction of sp³-hybridized carbons (Fsp3) is 0.436. The molecule has 4 N–H and O–H groups in total. The van der Waals surface area contributed by atoms with E-state index in [1.54, 1.807) is 51.1 Å². The van der Waals surface area contributed by atoms with Crippen LogP contribution in [-0.4, -0.2) is 70.3 Å². The lowest BCUT2D eigenvalue weighted by atomic mass is 9.98. The van der Waals surface area contributed by atoms with Gasteiger partial charge in [-0.25, -0.2) is 9.59 Å². The molecule has 2 heterocycles. The van der Waals surface area contributed by atoms with Gasteiger partial charge in [0.1, 0.15) is 29.5 Å². The van der Waals surface area contributed by atoms with Crippen LogP contribution in [0.4, 0.5) is 10.5 Å². The van der Waals surface area contributed by atoms with Crippen LogP contribution in [0.3, 0.4) is 0 Å². The molecule has 3 aromatic rings. The number of aromatic hydroxyl groups is 1. The molecule has 3 aromatic carbocycles. The average molecular weight is 793 g/mol. The van der Waals surface area contributed by atoms with Crippen LogP contribution in [0.5, 0.6) is 28.7 Å². The second kappa shape index (κ2) is 16.9. The minimum Gasteiger partial charge on any atom is -0.504 e. The van der Waals surface area contributed by atoms with Gasteiger partial charge in [-0.15, -0.1) is 0 Å². The molecular weight excluding hydrogens is 743 g/mol. The van der Waals surface area contributed by atoms with E-state index in [1.807, 2.05) is 33.9 Å². The number of hydrogen-bond acceptors (Lipinski definition) is 12. The number of nitrogens with one attached hydrogen (secondary N) is 3. The number of amides is 3. The van der Waals surface area contributed by atoms with Crippen molar-refractivity contribution in [2.24, 2.45) is 0 Å². The molecule has 4 bridgehead atoms. The summed E-state index contributed by atoms with van der Waals surface area (Å²) in [6.45, 7) is 14.8. The van der Waals surface area contributed by atoms with E-state index < -0.39 is 67.8 Å². The molecule has 3 amide bonds. The van der Waals surface area contributed by atoms with Crippen molar-refractivity contribution in [3.8, 4) is 28.7 Å². The van der Waals surface area contributed by atoms with Gasteiger partial charge in [0.15, 0.2) is 30.8 Å². The van der Waals surface area contributed by atoms with Crippen molar-refractivity contribution < 1.29 is 52.4 Å². The third-order valence-electron chi connectivity index (χ3n) is 9.44. The molecule has 0 spiro atoms. The number of carbonyl (C=O) groups excluding carboxylic acids is 4. The number of ether oxygens (including phenoxy) is 5. The highest BCUT2D eigenvalue weighted by Gasteiger charge is 2.45. The third-order valence-corrected chi connectivity index (χ3v) is 13.9. The highest BCUT2D eigenvalue weighted by atomic mass is 28.4. The van der Waals surface area contributed by atoms with Gasteiger partial charge in [-0.05, 0) is 85.9 Å². The number of alkyl carbamates (subject to hydrolysis) is 1. The molecule has 0 saturated heterocycles. The first-order chi connectivity index (χ1) is 26.1. The Morgan fingerprint density at radius 1 is 0.857 bits per heavy atom. The van der Waals surface area contributed by atoms with Crippen molar-refractivity contribution in [1.29, 1.82) is 5.39 Å². The van der Waals surface area contributed by atoms with Crippen LogP contribution in [-0.2, 0) is 28.3 Å². The molecule has 56 heavy (non-hydrogen) atoms. The molecule has 0 radical (unpaired) electrons. The minimum atomic E-state index is -2.77. The zero-order valence-electron chi connectivity index (χ0n) is 33.4. The lowest BCUT2D eigenvalue weighted by molar-refractivity contribution is -0.148. The summed E-state index contributed by atoms with van der Waals surface area (Å²) in [5.74, 6) is -2.99. The first kappa shape index (κ1) is 42.9. The van der Waals surface area contributed by atoms with E-state index >= 15 is 0 Å². The number of fused-ring (bicyclic) bond motifs is 9. The van der Waals surface area contributed by atoms with Crippen LogP contribution in [0.25, 0.3) is 4.98 Å². The quantitative estimate of drug-likeness (QED) is 0.110. The van der Waals surface area contributed by atoms with E-state index in [0.29, 0.717) is 11.3 Å². The molecule has 0 fully saturated rings. The van der Waals surface area contributed by atoms with Gasteiger partial charge in [0.2, 0.25) is 28.7 Å². The standard InChI is InChI=1S/C39H49N5O11Si/c1-38(2,3)54-37(49)43-30-23-19-26(45)33(51-8)28(20-23)53-27-17-14-22(18-25(27)44-40)32(55-56(10,11)39(4,5)6)31(36(48)52-9)42-34(46)29(41-35(30)47)21-12-15-24(50-7)16-13-21/h12-20,29-32H,1-11H3,(H3-,41,42,43,45,46,47,49)/p+1/t29-,30-,31+,32-/m1/s1. The number of diazo groups is 1. The van der Waals surface area contributed by atoms with Crippen molar-refractivity contribution in [3.05, 3.63) is 76.3 Å². The number of carbonyl (C=O) groups is 4. The van der Waals surface area contributed by atoms with Gasteiger partial charge in [-0.2, -0.15) is 0 Å². The first-order valence-electron chi connectivity index (χ1n) is 17.7. The maximum absolute atomic E-state index is 14.6. The molecule has 5 rings (SSSR count). The van der Waals surface area contributed by atoms with Crippen molar-refractivity contribution in [2.75, 3.05) is 21.3 Å². The monoisotopic (exact) mass is 792 g/mol. The maximum atomic E-state index is 14.6. The summed E-state index contributed by atoms with van der Waals surface area (Å²) in [5, 5.41) is 29.0. The van der Waals surface area contributed by atoms with Crippen LogP contribution in [0.1, 0.15) is 76.4 Å². The second-order valence-corrected chi connectivity index (χ2v) is 20.4. The summed E-state index contributed by atoms with van der Waals surface area (Å²) in [6, 6.07) is 8.58. The smallest absolute Gasteiger partial charge is 0.427 e. The Hall–Kier alpha value is -5.86. The zero-order chi connectivity index (χ0) is 41.7. The lowest BCUT2D eigenvalue weighted by Crippen LogP contribution is -2.54. The Kier molecular flexibility index (Phi) is 12.9. The predicted octanol–water partition coefficient (Wildman–Crippen LogP) is 6.84. The van der Waals surface area contributed by atoms with Crippen molar-refractivity contribution in [1.82, 2.24) is 16.0 Å². The van der Waals surface area contributed by atoms with E-state index in [4.69, 9.17) is 28.1 Å². The molecule has 0 unspecified atom stereocenters. The normalized spacial score (nSPS) is 19.0. The third kappa shape index (κ3) is 9.86. The molecule has 2 aliphatic heterocycles. The van der Waals surface area contributed by atoms with E-state index in [9.17, 15) is 29.7 Å². The number of phenolic OH excluding ortho intramolecular Hbond substituents is 1. The largest absolute Gasteiger partial charge is 0.504 e. The van der Waals surface area contributed by atoms with E-state index in [-0.39, 0.29) is 39.1 Å². The summed E-state index contributed by atoms with van der Waals surface area (Å²) < 4.78 is 34.4. The summed E-state index contributed by atoms with van der Waals surface area (Å²) >= 11 is 0. The Balaban J connectivity index is 2.05. The predicted molar refractivity (Wildman–Crippen MR) is 207 cm³/mol. The molecule has 0 aromatic heterocycles. The Morgan fingerprint density at radius 2 is 1.50 bits per heavy atom. The maximum Gasteiger partial charge on any atom is 0.427 e. The highest BCUT2D eigenvalue weighted by Crippen LogP contribution is 2.46. The van der Waals surface area contributed by atoms with Crippen molar-refractivity contribution >= 4 is 37.9 Å². The van der Waals surface area contributed by atoms with Gasteiger partial charge in [0.25, 0.3) is 0 Å². The molecule has 2 aliphatic rings. The van der Waals surface area contributed by atoms with Gasteiger partial charge in [0, 0.05) is 6.07 Å². The van der Waals surface area contributed by atoms with E-state index in [1.165, 1.54) is 38.5 Å². The van der Waals surface area contributed by atoms with Crippen LogP contribution in [0.15, 0.2) is 54.6 Å². The van der Waals surface area contributed by atoms with Gasteiger partial charge >= 0.3 is 17.7 Å². The van der Waals surface area contributed by atoms with E-state index in [2.05, 4.69) is 20.9 Å². The van der Waals surface area contributed by atoms with Crippen molar-refractivity contribution in [2.45, 2.75) is 89.5 Å². The average Bonchev–Trinajstić information content (AvgIpc) is 3.12. The molecule has 17 heteroatoms. The number of methoxy groups -OCH3 is 3. The summed E-state index contributed by atoms with van der Waals surface area (Å²) in [4.78, 5) is 59.5. The van der Waals surface area contributed by atoms with Crippen LogP contribution in [0.2, 0.25) is 18.1 Å². The highest BCUT2D eigenvalue weighted by molar-refractivity contribution is 6.74. The number of benzene rings is 3. The zero-order valence-corrected chi connectivity index (χ0v) is 34.4. The first-order valence-corrected chi connectivity index (χ1v) is 20.6. The Morgan fingerprint density at radius 3 is 2.05 bits per heavy atom. The molecule has 0 aliphatic carbocycles. The molecule has 4 atom stereocenters. The Labute approximate surface area is 326 Å². The van der Waals surface area contributed by atoms with Crippen LogP contribution in [0, 0.1) is 5.39 Å². The topological polar surface area (TPSA) is 208 Å². The Bertz CT molecular complexity index is 2000. The van der Waals surface area contributed by atoms with Gasteiger partial charge < -0.3 is 49.2 Å². The summed E-state index contributed by atoms with van der Waals surface area (Å²) in [5.41, 5.74) is -0.530. The summed E-state index contributed by atoms with van der Waals surface area (Å²) in [7, 11) is 1.14. The number of esters is 1. The molecule has 16 nitrogen and oxygen atoms in total. The van der Waals surface area contributed by atoms with E-state index in [0.717, 1.165) is 7.11 Å². The number of hydrogen-bond donors (Lipinski definition) is 4. The number of rotatable bonds is 7.